The molecule has 0 radical (unpaired) electrons. The molecule has 1 amide bonds. The lowest BCUT2D eigenvalue weighted by Gasteiger charge is -2.16. The number of carbonyl (C=O) groups is 2. The van der Waals surface area contributed by atoms with Gasteiger partial charge in [-0.1, -0.05) is 18.2 Å². The number of hydrogen-bond acceptors (Lipinski definition) is 3. The van der Waals surface area contributed by atoms with E-state index in [0.717, 1.165) is 11.1 Å². The molecule has 140 valence electrons. The number of hydrogen-bond donors (Lipinski definition) is 2. The molecule has 6 nitrogen and oxygen atoms in total. The normalized spacial score (nSPS) is 12.3. The predicted molar refractivity (Wildman–Crippen MR) is 91.1 cm³/mol. The lowest BCUT2D eigenvalue weighted by molar-refractivity contribution is -0.141. The van der Waals surface area contributed by atoms with Crippen LogP contribution >= 0.6 is 0 Å². The molecule has 0 spiro atoms. The van der Waals surface area contributed by atoms with Crippen LogP contribution in [-0.4, -0.2) is 26.8 Å². The molecule has 1 aromatic heterocycles. The summed E-state index contributed by atoms with van der Waals surface area (Å²) in [5, 5.41) is 15.6. The Balaban J connectivity index is 2.21. The first-order valence-electron chi connectivity index (χ1n) is 8.03. The molecule has 1 heterocycles. The Morgan fingerprint density at radius 1 is 1.19 bits per heavy atom. The van der Waals surface area contributed by atoms with Gasteiger partial charge in [-0.05, 0) is 44.4 Å². The van der Waals surface area contributed by atoms with Gasteiger partial charge in [-0.2, -0.15) is 13.9 Å². The summed E-state index contributed by atoms with van der Waals surface area (Å²) in [5.41, 5.74) is 3.24. The van der Waals surface area contributed by atoms with Gasteiger partial charge in [0.15, 0.2) is 6.04 Å². The number of benzene rings is 1. The second-order valence-electron chi connectivity index (χ2n) is 6.23. The summed E-state index contributed by atoms with van der Waals surface area (Å²) in [4.78, 5) is 23.9. The van der Waals surface area contributed by atoms with Crippen LogP contribution in [0.4, 0.5) is 8.78 Å². The largest absolute Gasteiger partial charge is 0.479 e. The zero-order valence-corrected chi connectivity index (χ0v) is 15.0. The average Bonchev–Trinajstić information content (AvgIpc) is 2.83. The lowest BCUT2D eigenvalue weighted by Crippen LogP contribution is -2.35. The smallest absolute Gasteiger partial charge is 0.333 e. The van der Waals surface area contributed by atoms with Crippen LogP contribution in [0, 0.1) is 27.7 Å². The molecule has 1 atom stereocenters. The van der Waals surface area contributed by atoms with Gasteiger partial charge in [-0.3, -0.25) is 4.79 Å². The molecular formula is C18H21F2N3O3. The average molecular weight is 365 g/mol. The second-order valence-corrected chi connectivity index (χ2v) is 6.23. The Morgan fingerprint density at radius 3 is 2.35 bits per heavy atom. The Kier molecular flexibility index (Phi) is 5.74. The Morgan fingerprint density at radius 2 is 1.85 bits per heavy atom. The molecule has 0 saturated heterocycles. The van der Waals surface area contributed by atoms with Crippen LogP contribution in [-0.2, 0) is 16.0 Å². The molecule has 0 aliphatic carbocycles. The molecule has 2 rings (SSSR count). The second kappa shape index (κ2) is 7.63. The van der Waals surface area contributed by atoms with Crippen molar-refractivity contribution in [3.8, 4) is 0 Å². The number of carbonyl (C=O) groups excluding carboxylic acids is 1. The number of alkyl halides is 2. The van der Waals surface area contributed by atoms with Crippen molar-refractivity contribution in [1.82, 2.24) is 15.1 Å². The van der Waals surface area contributed by atoms with E-state index >= 15 is 0 Å². The van der Waals surface area contributed by atoms with E-state index in [1.165, 1.54) is 13.8 Å². The van der Waals surface area contributed by atoms with Crippen LogP contribution in [0.2, 0.25) is 0 Å². The number of nitrogens with zero attached hydrogens (tertiary/aromatic N) is 2. The van der Waals surface area contributed by atoms with Crippen LogP contribution in [0.3, 0.4) is 0 Å². The molecule has 1 unspecified atom stereocenters. The van der Waals surface area contributed by atoms with E-state index in [2.05, 4.69) is 10.4 Å². The molecule has 8 heteroatoms. The number of amides is 1. The molecule has 0 aliphatic rings. The highest BCUT2D eigenvalue weighted by atomic mass is 19.3. The Hall–Kier alpha value is -2.77. The van der Waals surface area contributed by atoms with Gasteiger partial charge in [0.1, 0.15) is 0 Å². The van der Waals surface area contributed by atoms with Crippen molar-refractivity contribution >= 4 is 11.9 Å². The summed E-state index contributed by atoms with van der Waals surface area (Å²) in [7, 11) is 0. The molecule has 0 aliphatic heterocycles. The third kappa shape index (κ3) is 4.07. The van der Waals surface area contributed by atoms with Crippen molar-refractivity contribution in [3.63, 3.8) is 0 Å². The number of halogens is 2. The summed E-state index contributed by atoms with van der Waals surface area (Å²) in [6, 6.07) is 3.92. The van der Waals surface area contributed by atoms with E-state index < -0.39 is 24.5 Å². The van der Waals surface area contributed by atoms with E-state index in [9.17, 15) is 23.5 Å². The van der Waals surface area contributed by atoms with Gasteiger partial charge in [0.2, 0.25) is 5.91 Å². The van der Waals surface area contributed by atoms with Crippen LogP contribution in [0.25, 0.3) is 0 Å². The molecular weight excluding hydrogens is 344 g/mol. The van der Waals surface area contributed by atoms with Crippen LogP contribution in [0.15, 0.2) is 18.2 Å². The van der Waals surface area contributed by atoms with Crippen LogP contribution in [0.5, 0.6) is 0 Å². The molecule has 0 bridgehead atoms. The number of aryl methyl sites for hydroxylation is 3. The minimum Gasteiger partial charge on any atom is -0.479 e. The summed E-state index contributed by atoms with van der Waals surface area (Å²) in [6.45, 7) is 3.94. The maximum atomic E-state index is 12.9. The molecule has 1 aromatic carbocycles. The fourth-order valence-electron chi connectivity index (χ4n) is 2.75. The topological polar surface area (TPSA) is 84.2 Å². The van der Waals surface area contributed by atoms with Gasteiger partial charge in [0.25, 0.3) is 0 Å². The van der Waals surface area contributed by atoms with Crippen molar-refractivity contribution in [3.05, 3.63) is 51.8 Å². The Bertz CT molecular complexity index is 846. The van der Waals surface area contributed by atoms with E-state index in [0.29, 0.717) is 21.5 Å². The molecule has 2 aromatic rings. The predicted octanol–water partition coefficient (Wildman–Crippen LogP) is 3.00. The van der Waals surface area contributed by atoms with E-state index in [1.807, 2.05) is 13.8 Å². The summed E-state index contributed by atoms with van der Waals surface area (Å²) >= 11 is 0. The Labute approximate surface area is 149 Å². The maximum Gasteiger partial charge on any atom is 0.333 e. The number of aromatic nitrogens is 2. The maximum absolute atomic E-state index is 12.9. The number of aliphatic carboxylic acids is 1. The quantitative estimate of drug-likeness (QED) is 0.824. The first-order valence-corrected chi connectivity index (χ1v) is 8.03. The number of carboxylic acids is 1. The highest BCUT2D eigenvalue weighted by Crippen LogP contribution is 2.21. The zero-order valence-electron chi connectivity index (χ0n) is 15.0. The minimum absolute atomic E-state index is 0.186. The standard InChI is InChI=1S/C18H21F2N3O3/c1-9-5-6-13(7-10(9)2)16(17(25)26)21-15(24)8-14-11(3)22-23(12(14)4)18(19)20/h5-7,16,18H,8H2,1-4H3,(H,21,24)(H,25,26). The molecule has 0 fully saturated rings. The van der Waals surface area contributed by atoms with Crippen molar-refractivity contribution < 1.29 is 23.5 Å². The fraction of sp³-hybridized carbons (Fsp3) is 0.389. The van der Waals surface area contributed by atoms with Gasteiger partial charge in [-0.25, -0.2) is 9.48 Å². The van der Waals surface area contributed by atoms with Crippen molar-refractivity contribution in [2.45, 2.75) is 46.7 Å². The van der Waals surface area contributed by atoms with Crippen molar-refractivity contribution in [1.29, 1.82) is 0 Å². The van der Waals surface area contributed by atoms with E-state index in [1.54, 1.807) is 18.2 Å². The van der Waals surface area contributed by atoms with E-state index in [4.69, 9.17) is 0 Å². The van der Waals surface area contributed by atoms with Crippen LogP contribution < -0.4 is 5.32 Å². The van der Waals surface area contributed by atoms with Gasteiger partial charge < -0.3 is 10.4 Å². The first kappa shape index (κ1) is 19.6. The van der Waals surface area contributed by atoms with E-state index in [-0.39, 0.29) is 12.1 Å². The third-order valence-electron chi connectivity index (χ3n) is 4.41. The highest BCUT2D eigenvalue weighted by molar-refractivity contribution is 5.86. The molecule has 2 N–H and O–H groups in total. The highest BCUT2D eigenvalue weighted by Gasteiger charge is 2.25. The van der Waals surface area contributed by atoms with Crippen LogP contribution in [0.1, 0.15) is 46.2 Å². The first-order chi connectivity index (χ1) is 12.1. The molecule has 0 saturated carbocycles. The fourth-order valence-corrected chi connectivity index (χ4v) is 2.75. The summed E-state index contributed by atoms with van der Waals surface area (Å²) in [6.07, 6.45) is -0.223. The SMILES string of the molecule is Cc1ccc(C(NC(=O)Cc2c(C)nn(C(F)F)c2C)C(=O)O)cc1C. The lowest BCUT2D eigenvalue weighted by atomic mass is 10.0. The third-order valence-corrected chi connectivity index (χ3v) is 4.41. The summed E-state index contributed by atoms with van der Waals surface area (Å²) in [5.74, 6) is -1.77. The number of rotatable bonds is 6. The number of nitrogens with one attached hydrogen (secondary N) is 1. The van der Waals surface area contributed by atoms with Crippen molar-refractivity contribution in [2.24, 2.45) is 0 Å². The van der Waals surface area contributed by atoms with Crippen molar-refractivity contribution in [2.75, 3.05) is 0 Å². The minimum atomic E-state index is -2.80. The molecule has 26 heavy (non-hydrogen) atoms. The van der Waals surface area contributed by atoms with Gasteiger partial charge >= 0.3 is 12.5 Å². The summed E-state index contributed by atoms with van der Waals surface area (Å²) < 4.78 is 26.3. The number of carboxylic acid groups (broad SMARTS) is 1. The monoisotopic (exact) mass is 365 g/mol. The van der Waals surface area contributed by atoms with Gasteiger partial charge in [0, 0.05) is 11.3 Å². The van der Waals surface area contributed by atoms with Gasteiger partial charge in [0.05, 0.1) is 12.1 Å². The zero-order chi connectivity index (χ0) is 19.6. The van der Waals surface area contributed by atoms with Gasteiger partial charge in [-0.15, -0.1) is 0 Å².